The molecule has 166 valence electrons. The molecule has 1 atom stereocenters. The minimum Gasteiger partial charge on any atom is -0.352 e. The fourth-order valence-corrected chi connectivity index (χ4v) is 4.73. The number of benzene rings is 2. The van der Waals surface area contributed by atoms with E-state index in [1.807, 2.05) is 19.1 Å². The number of nitrogens with zero attached hydrogens (tertiary/aromatic N) is 1. The number of amides is 2. The van der Waals surface area contributed by atoms with E-state index in [4.69, 9.17) is 0 Å². The lowest BCUT2D eigenvalue weighted by molar-refractivity contribution is -0.119. The van der Waals surface area contributed by atoms with Crippen molar-refractivity contribution in [1.29, 1.82) is 0 Å². The zero-order valence-electron chi connectivity index (χ0n) is 17.9. The van der Waals surface area contributed by atoms with Crippen LogP contribution in [0, 0.1) is 12.8 Å². The van der Waals surface area contributed by atoms with Crippen LogP contribution in [0.2, 0.25) is 0 Å². The second kappa shape index (κ2) is 10.1. The minimum absolute atomic E-state index is 0.0582. The topological polar surface area (TPSA) is 95.6 Å². The molecule has 0 saturated carbocycles. The Bertz CT molecular complexity index is 1020. The average molecular weight is 444 g/mol. The maximum Gasteiger partial charge on any atom is 0.253 e. The van der Waals surface area contributed by atoms with Crippen molar-refractivity contribution in [2.75, 3.05) is 19.6 Å². The van der Waals surface area contributed by atoms with Gasteiger partial charge >= 0.3 is 0 Å². The van der Waals surface area contributed by atoms with Crippen molar-refractivity contribution in [2.24, 2.45) is 5.92 Å². The Kier molecular flexibility index (Phi) is 7.46. The van der Waals surface area contributed by atoms with E-state index >= 15 is 0 Å². The van der Waals surface area contributed by atoms with E-state index in [0.29, 0.717) is 31.7 Å². The van der Waals surface area contributed by atoms with Gasteiger partial charge in [-0.05, 0) is 55.5 Å². The van der Waals surface area contributed by atoms with Crippen molar-refractivity contribution >= 4 is 21.8 Å². The zero-order valence-corrected chi connectivity index (χ0v) is 18.7. The fraction of sp³-hybridized carbons (Fsp3) is 0.391. The first kappa shape index (κ1) is 23.0. The van der Waals surface area contributed by atoms with Gasteiger partial charge in [-0.1, -0.05) is 29.8 Å². The first-order chi connectivity index (χ1) is 14.7. The highest BCUT2D eigenvalue weighted by atomic mass is 32.2. The zero-order chi connectivity index (χ0) is 22.4. The van der Waals surface area contributed by atoms with Gasteiger partial charge in [0.05, 0.1) is 4.90 Å². The highest BCUT2D eigenvalue weighted by Gasteiger charge is 2.26. The molecule has 1 unspecified atom stereocenters. The van der Waals surface area contributed by atoms with Gasteiger partial charge in [0.2, 0.25) is 15.9 Å². The molecule has 0 radical (unpaired) electrons. The monoisotopic (exact) mass is 443 g/mol. The lowest BCUT2D eigenvalue weighted by Gasteiger charge is -2.33. The van der Waals surface area contributed by atoms with Gasteiger partial charge in [0.1, 0.15) is 0 Å². The smallest absolute Gasteiger partial charge is 0.253 e. The largest absolute Gasteiger partial charge is 0.352 e. The van der Waals surface area contributed by atoms with Gasteiger partial charge < -0.3 is 10.2 Å². The molecule has 1 aliphatic heterocycles. The van der Waals surface area contributed by atoms with Crippen LogP contribution < -0.4 is 10.0 Å². The van der Waals surface area contributed by atoms with Gasteiger partial charge in [0, 0.05) is 38.7 Å². The molecule has 0 aliphatic carbocycles. The van der Waals surface area contributed by atoms with Crippen molar-refractivity contribution in [2.45, 2.75) is 38.1 Å². The Balaban J connectivity index is 1.56. The number of nitrogens with one attached hydrogen (secondary N) is 2. The van der Waals surface area contributed by atoms with Gasteiger partial charge in [-0.3, -0.25) is 9.59 Å². The number of likely N-dealkylation sites (tertiary alicyclic amines) is 1. The normalized spacial score (nSPS) is 16.7. The molecule has 2 aromatic carbocycles. The summed E-state index contributed by atoms with van der Waals surface area (Å²) in [5.74, 6) is -0.0911. The quantitative estimate of drug-likeness (QED) is 0.687. The van der Waals surface area contributed by atoms with Crippen LogP contribution in [-0.4, -0.2) is 44.8 Å². The van der Waals surface area contributed by atoms with Crippen LogP contribution >= 0.6 is 0 Å². The Morgan fingerprint density at radius 3 is 2.39 bits per heavy atom. The van der Waals surface area contributed by atoms with Crippen molar-refractivity contribution < 1.29 is 18.0 Å². The van der Waals surface area contributed by atoms with Crippen LogP contribution in [0.3, 0.4) is 0 Å². The van der Waals surface area contributed by atoms with Gasteiger partial charge in [-0.15, -0.1) is 0 Å². The molecule has 1 aliphatic rings. The molecule has 0 aromatic heterocycles. The molecule has 7 nitrogen and oxygen atoms in total. The molecule has 2 amide bonds. The molecule has 1 heterocycles. The number of carbonyl (C=O) groups excluding carboxylic acids is 2. The molecule has 1 fully saturated rings. The van der Waals surface area contributed by atoms with Gasteiger partial charge in [-0.25, -0.2) is 13.1 Å². The number of carbonyl (C=O) groups is 2. The van der Waals surface area contributed by atoms with E-state index < -0.39 is 10.0 Å². The number of aryl methyl sites for hydroxylation is 1. The van der Waals surface area contributed by atoms with Crippen molar-refractivity contribution in [3.05, 3.63) is 65.2 Å². The third kappa shape index (κ3) is 6.38. The van der Waals surface area contributed by atoms with Crippen LogP contribution in [-0.2, 0) is 21.4 Å². The van der Waals surface area contributed by atoms with Gasteiger partial charge in [-0.2, -0.15) is 0 Å². The lowest BCUT2D eigenvalue weighted by atomic mass is 9.97. The number of sulfonamides is 1. The number of hydrogen-bond donors (Lipinski definition) is 2. The molecule has 0 spiro atoms. The Morgan fingerprint density at radius 2 is 1.74 bits per heavy atom. The van der Waals surface area contributed by atoms with Crippen LogP contribution in [0.25, 0.3) is 0 Å². The number of rotatable bonds is 7. The summed E-state index contributed by atoms with van der Waals surface area (Å²) in [5.41, 5.74) is 2.52. The molecule has 1 saturated heterocycles. The Hall–Kier alpha value is -2.71. The van der Waals surface area contributed by atoms with E-state index in [0.717, 1.165) is 24.0 Å². The van der Waals surface area contributed by atoms with E-state index in [9.17, 15) is 18.0 Å². The summed E-state index contributed by atoms with van der Waals surface area (Å²) >= 11 is 0. The molecule has 31 heavy (non-hydrogen) atoms. The van der Waals surface area contributed by atoms with Crippen LogP contribution in [0.1, 0.15) is 41.3 Å². The lowest BCUT2D eigenvalue weighted by Crippen LogP contribution is -2.43. The summed E-state index contributed by atoms with van der Waals surface area (Å²) in [4.78, 5) is 26.0. The van der Waals surface area contributed by atoms with Crippen molar-refractivity contribution in [3.63, 3.8) is 0 Å². The highest BCUT2D eigenvalue weighted by molar-refractivity contribution is 7.89. The second-order valence-electron chi connectivity index (χ2n) is 8.03. The van der Waals surface area contributed by atoms with Crippen LogP contribution in [0.5, 0.6) is 0 Å². The van der Waals surface area contributed by atoms with E-state index in [2.05, 4.69) is 10.0 Å². The summed E-state index contributed by atoms with van der Waals surface area (Å²) in [6, 6.07) is 14.0. The van der Waals surface area contributed by atoms with Crippen molar-refractivity contribution in [3.8, 4) is 0 Å². The first-order valence-corrected chi connectivity index (χ1v) is 11.9. The molecular formula is C23H29N3O4S. The third-order valence-corrected chi connectivity index (χ3v) is 6.88. The van der Waals surface area contributed by atoms with Crippen molar-refractivity contribution in [1.82, 2.24) is 14.9 Å². The summed E-state index contributed by atoms with van der Waals surface area (Å²) in [7, 11) is -3.57. The van der Waals surface area contributed by atoms with E-state index in [1.54, 1.807) is 41.3 Å². The summed E-state index contributed by atoms with van der Waals surface area (Å²) in [6.45, 7) is 5.28. The standard InChI is InChI=1S/C23H29N3O4S/c1-17-5-11-22(12-6-17)31(29,30)25-15-20-4-3-13-26(16-20)23(28)21-9-7-19(8-10-21)14-24-18(2)27/h5-12,20,25H,3-4,13-16H2,1-2H3,(H,24,27). The maximum atomic E-state index is 12.9. The second-order valence-corrected chi connectivity index (χ2v) is 9.80. The third-order valence-electron chi connectivity index (χ3n) is 5.44. The highest BCUT2D eigenvalue weighted by Crippen LogP contribution is 2.19. The number of hydrogen-bond acceptors (Lipinski definition) is 4. The first-order valence-electron chi connectivity index (χ1n) is 10.4. The molecular weight excluding hydrogens is 414 g/mol. The van der Waals surface area contributed by atoms with E-state index in [-0.39, 0.29) is 22.6 Å². The predicted octanol–water partition coefficient (Wildman–Crippen LogP) is 2.46. The van der Waals surface area contributed by atoms with Gasteiger partial charge in [0.25, 0.3) is 5.91 Å². The molecule has 2 N–H and O–H groups in total. The average Bonchev–Trinajstić information content (AvgIpc) is 2.77. The summed E-state index contributed by atoms with van der Waals surface area (Å²) < 4.78 is 27.8. The van der Waals surface area contributed by atoms with Gasteiger partial charge in [0.15, 0.2) is 0 Å². The molecule has 0 bridgehead atoms. The minimum atomic E-state index is -3.57. The Labute approximate surface area is 183 Å². The summed E-state index contributed by atoms with van der Waals surface area (Å²) in [6.07, 6.45) is 1.71. The van der Waals surface area contributed by atoms with Crippen LogP contribution in [0.15, 0.2) is 53.4 Å². The Morgan fingerprint density at radius 1 is 1.06 bits per heavy atom. The SMILES string of the molecule is CC(=O)NCc1ccc(C(=O)N2CCCC(CNS(=O)(=O)c3ccc(C)cc3)C2)cc1. The molecule has 2 aromatic rings. The molecule has 3 rings (SSSR count). The predicted molar refractivity (Wildman–Crippen MR) is 119 cm³/mol. The van der Waals surface area contributed by atoms with E-state index in [1.165, 1.54) is 6.92 Å². The fourth-order valence-electron chi connectivity index (χ4n) is 3.62. The molecule has 8 heteroatoms. The number of piperidine rings is 1. The summed E-state index contributed by atoms with van der Waals surface area (Å²) in [5, 5.41) is 2.73. The maximum absolute atomic E-state index is 12.9. The van der Waals surface area contributed by atoms with Crippen LogP contribution in [0.4, 0.5) is 0 Å².